The lowest BCUT2D eigenvalue weighted by atomic mass is 10.2. The minimum absolute atomic E-state index is 0.327. The van der Waals surface area contributed by atoms with Crippen molar-refractivity contribution in [1.82, 2.24) is 9.38 Å². The molecular formula is C13H12N2O4. The number of aliphatic hydroxyl groups is 1. The quantitative estimate of drug-likeness (QED) is 0.389. The van der Waals surface area contributed by atoms with E-state index in [0.29, 0.717) is 17.0 Å². The Kier molecular flexibility index (Phi) is 3.33. The molecule has 0 saturated carbocycles. The molecule has 0 unspecified atom stereocenters. The van der Waals surface area contributed by atoms with Crippen LogP contribution in [0.5, 0.6) is 0 Å². The van der Waals surface area contributed by atoms with E-state index < -0.39 is 11.8 Å². The van der Waals surface area contributed by atoms with E-state index in [4.69, 9.17) is 0 Å². The van der Waals surface area contributed by atoms with E-state index in [-0.39, 0.29) is 5.76 Å². The highest BCUT2D eigenvalue weighted by atomic mass is 16.5. The number of aliphatic hydroxyl groups excluding tert-OH is 1. The van der Waals surface area contributed by atoms with Gasteiger partial charge in [0.15, 0.2) is 0 Å². The van der Waals surface area contributed by atoms with Crippen LogP contribution in [0, 0.1) is 6.92 Å². The Morgan fingerprint density at radius 3 is 2.84 bits per heavy atom. The molecule has 0 aliphatic rings. The Morgan fingerprint density at radius 2 is 2.16 bits per heavy atom. The summed E-state index contributed by atoms with van der Waals surface area (Å²) >= 11 is 0. The first-order valence-electron chi connectivity index (χ1n) is 5.51. The van der Waals surface area contributed by atoms with Crippen LogP contribution in [0.1, 0.15) is 11.4 Å². The zero-order valence-electron chi connectivity index (χ0n) is 10.5. The number of carbonyl (C=O) groups is 2. The van der Waals surface area contributed by atoms with Crippen LogP contribution in [-0.2, 0) is 14.3 Å². The molecule has 0 bridgehead atoms. The van der Waals surface area contributed by atoms with E-state index in [1.54, 1.807) is 29.7 Å². The highest BCUT2D eigenvalue weighted by Crippen LogP contribution is 2.18. The number of hydrogen-bond acceptors (Lipinski definition) is 5. The second kappa shape index (κ2) is 4.93. The number of imidazole rings is 1. The molecule has 0 spiro atoms. The van der Waals surface area contributed by atoms with Gasteiger partial charge in [0.25, 0.3) is 5.78 Å². The van der Waals surface area contributed by atoms with E-state index >= 15 is 0 Å². The molecule has 0 fully saturated rings. The maximum absolute atomic E-state index is 11.4. The summed E-state index contributed by atoms with van der Waals surface area (Å²) in [5.41, 5.74) is 1.56. The smallest absolute Gasteiger partial charge is 0.378 e. The van der Waals surface area contributed by atoms with Gasteiger partial charge in [0, 0.05) is 12.3 Å². The molecule has 2 aromatic rings. The number of aromatic nitrogens is 2. The van der Waals surface area contributed by atoms with Gasteiger partial charge >= 0.3 is 5.97 Å². The summed E-state index contributed by atoms with van der Waals surface area (Å²) in [4.78, 5) is 26.6. The molecule has 0 radical (unpaired) electrons. The molecule has 98 valence electrons. The fraction of sp³-hybridized carbons (Fsp3) is 0.154. The van der Waals surface area contributed by atoms with Crippen LogP contribution in [0.4, 0.5) is 0 Å². The maximum Gasteiger partial charge on any atom is 0.378 e. The lowest BCUT2D eigenvalue weighted by Crippen LogP contribution is -2.13. The van der Waals surface area contributed by atoms with Gasteiger partial charge in [-0.1, -0.05) is 6.07 Å². The van der Waals surface area contributed by atoms with Gasteiger partial charge in [-0.3, -0.25) is 9.20 Å². The van der Waals surface area contributed by atoms with E-state index in [9.17, 15) is 14.7 Å². The second-order valence-corrected chi connectivity index (χ2v) is 3.86. The summed E-state index contributed by atoms with van der Waals surface area (Å²) in [7, 11) is 1.10. The third-order valence-corrected chi connectivity index (χ3v) is 2.60. The SMILES string of the molecule is COC(=O)C(=O)/C=C(\O)c1c(C)nc2ccccn12. The molecule has 0 aliphatic heterocycles. The number of esters is 1. The van der Waals surface area contributed by atoms with E-state index in [0.717, 1.165) is 13.2 Å². The minimum Gasteiger partial charge on any atom is -0.506 e. The second-order valence-electron chi connectivity index (χ2n) is 3.86. The Labute approximate surface area is 109 Å². The van der Waals surface area contributed by atoms with E-state index in [1.165, 1.54) is 0 Å². The molecule has 6 heteroatoms. The lowest BCUT2D eigenvalue weighted by molar-refractivity contribution is -0.149. The van der Waals surface area contributed by atoms with Gasteiger partial charge < -0.3 is 9.84 Å². The van der Waals surface area contributed by atoms with Crippen LogP contribution in [-0.4, -0.2) is 33.4 Å². The summed E-state index contributed by atoms with van der Waals surface area (Å²) in [5.74, 6) is -2.28. The topological polar surface area (TPSA) is 80.9 Å². The molecule has 1 N–H and O–H groups in total. The molecule has 0 atom stereocenters. The van der Waals surface area contributed by atoms with Crippen LogP contribution in [0.25, 0.3) is 11.4 Å². The molecule has 0 saturated heterocycles. The van der Waals surface area contributed by atoms with Crippen molar-refractivity contribution in [2.24, 2.45) is 0 Å². The summed E-state index contributed by atoms with van der Waals surface area (Å²) in [6, 6.07) is 5.35. The van der Waals surface area contributed by atoms with Crippen molar-refractivity contribution >= 4 is 23.2 Å². The highest BCUT2D eigenvalue weighted by molar-refractivity contribution is 6.39. The molecular weight excluding hydrogens is 248 g/mol. The molecule has 19 heavy (non-hydrogen) atoms. The monoisotopic (exact) mass is 260 g/mol. The first kappa shape index (κ1) is 12.8. The predicted molar refractivity (Wildman–Crippen MR) is 67.6 cm³/mol. The third kappa shape index (κ3) is 2.33. The molecule has 0 aromatic carbocycles. The third-order valence-electron chi connectivity index (χ3n) is 2.60. The summed E-state index contributed by atoms with van der Waals surface area (Å²) < 4.78 is 5.91. The van der Waals surface area contributed by atoms with Crippen LogP contribution >= 0.6 is 0 Å². The first-order valence-corrected chi connectivity index (χ1v) is 5.51. The van der Waals surface area contributed by atoms with Crippen LogP contribution in [0.3, 0.4) is 0 Å². The Hall–Kier alpha value is -2.63. The van der Waals surface area contributed by atoms with Crippen LogP contribution < -0.4 is 0 Å². The predicted octanol–water partition coefficient (Wildman–Crippen LogP) is 1.28. The summed E-state index contributed by atoms with van der Waals surface area (Å²) in [6.45, 7) is 1.70. The van der Waals surface area contributed by atoms with Gasteiger partial charge in [-0.2, -0.15) is 0 Å². The number of nitrogens with zero attached hydrogens (tertiary/aromatic N) is 2. The fourth-order valence-corrected chi connectivity index (χ4v) is 1.77. The number of fused-ring (bicyclic) bond motifs is 1. The van der Waals surface area contributed by atoms with Crippen molar-refractivity contribution in [1.29, 1.82) is 0 Å². The number of methoxy groups -OCH3 is 1. The molecule has 2 rings (SSSR count). The van der Waals surface area contributed by atoms with Crippen molar-refractivity contribution in [2.75, 3.05) is 7.11 Å². The van der Waals surface area contributed by atoms with Gasteiger partial charge in [0.2, 0.25) is 0 Å². The highest BCUT2D eigenvalue weighted by Gasteiger charge is 2.17. The number of aryl methyl sites for hydroxylation is 1. The largest absolute Gasteiger partial charge is 0.506 e. The zero-order valence-corrected chi connectivity index (χ0v) is 10.5. The maximum atomic E-state index is 11.4. The van der Waals surface area contributed by atoms with Crippen LogP contribution in [0.15, 0.2) is 30.5 Å². The van der Waals surface area contributed by atoms with Crippen molar-refractivity contribution in [3.8, 4) is 0 Å². The molecule has 0 amide bonds. The van der Waals surface area contributed by atoms with Gasteiger partial charge in [0.05, 0.1) is 12.8 Å². The van der Waals surface area contributed by atoms with Crippen molar-refractivity contribution in [3.05, 3.63) is 41.9 Å². The average Bonchev–Trinajstić information content (AvgIpc) is 2.73. The molecule has 2 heterocycles. The summed E-state index contributed by atoms with van der Waals surface area (Å²) in [6.07, 6.45) is 2.53. The Morgan fingerprint density at radius 1 is 1.42 bits per heavy atom. The van der Waals surface area contributed by atoms with Gasteiger partial charge in [-0.25, -0.2) is 9.78 Å². The molecule has 2 aromatic heterocycles. The van der Waals surface area contributed by atoms with Crippen molar-refractivity contribution in [2.45, 2.75) is 6.92 Å². The van der Waals surface area contributed by atoms with Gasteiger partial charge in [0.1, 0.15) is 17.1 Å². The minimum atomic E-state index is -1.03. The van der Waals surface area contributed by atoms with E-state index in [1.807, 2.05) is 6.07 Å². The number of hydrogen-bond donors (Lipinski definition) is 1. The first-order chi connectivity index (χ1) is 9.04. The molecule has 6 nitrogen and oxygen atoms in total. The lowest BCUT2D eigenvalue weighted by Gasteiger charge is -2.01. The Bertz CT molecular complexity index is 685. The normalized spacial score (nSPS) is 11.6. The van der Waals surface area contributed by atoms with Crippen molar-refractivity contribution < 1.29 is 19.4 Å². The summed E-state index contributed by atoms with van der Waals surface area (Å²) in [5, 5.41) is 9.97. The number of pyridine rings is 1. The number of carbonyl (C=O) groups excluding carboxylic acids is 2. The number of rotatable bonds is 3. The fourth-order valence-electron chi connectivity index (χ4n) is 1.77. The standard InChI is InChI=1S/C13H12N2O4/c1-8-12(9(16)7-10(17)13(18)19-2)15-6-4-3-5-11(15)14-8/h3-7,16H,1-2H3/b9-7-. The average molecular weight is 260 g/mol. The van der Waals surface area contributed by atoms with Gasteiger partial charge in [-0.05, 0) is 19.1 Å². The number of ketones is 1. The van der Waals surface area contributed by atoms with Crippen molar-refractivity contribution in [3.63, 3.8) is 0 Å². The van der Waals surface area contributed by atoms with E-state index in [2.05, 4.69) is 9.72 Å². The van der Waals surface area contributed by atoms with Gasteiger partial charge in [-0.15, -0.1) is 0 Å². The number of ether oxygens (including phenoxy) is 1. The molecule has 0 aliphatic carbocycles. The zero-order chi connectivity index (χ0) is 14.0. The van der Waals surface area contributed by atoms with Crippen LogP contribution in [0.2, 0.25) is 0 Å². The Balaban J connectivity index is 2.50.